The van der Waals surface area contributed by atoms with Crippen LogP contribution < -0.4 is 10.7 Å². The Labute approximate surface area is 169 Å². The second kappa shape index (κ2) is 9.05. The van der Waals surface area contributed by atoms with Gasteiger partial charge in [0.15, 0.2) is 0 Å². The minimum absolute atomic E-state index is 0.268. The topological polar surface area (TPSA) is 70.6 Å². The third kappa shape index (κ3) is 5.11. The van der Waals surface area contributed by atoms with Crippen molar-refractivity contribution in [1.29, 1.82) is 0 Å². The van der Waals surface area contributed by atoms with E-state index >= 15 is 0 Å². The number of carbonyl (C=O) groups is 2. The van der Waals surface area contributed by atoms with Gasteiger partial charge in [0.05, 0.1) is 17.5 Å². The molecule has 140 valence electrons. The molecule has 0 radical (unpaired) electrons. The molecule has 2 N–H and O–H groups in total. The Bertz CT molecular complexity index is 1020. The van der Waals surface area contributed by atoms with Gasteiger partial charge in [-0.15, -0.1) is 0 Å². The predicted molar refractivity (Wildman–Crippen MR) is 110 cm³/mol. The number of carbonyl (C=O) groups excluding carboxylic acids is 2. The molecular formula is C21H15BrFN3O2. The number of benzene rings is 3. The maximum Gasteiger partial charge on any atom is 0.273 e. The van der Waals surface area contributed by atoms with Crippen LogP contribution in [0.5, 0.6) is 0 Å². The summed E-state index contributed by atoms with van der Waals surface area (Å²) in [6, 6.07) is 19.2. The van der Waals surface area contributed by atoms with Crippen molar-refractivity contribution in [2.45, 2.75) is 0 Å². The molecule has 5 nitrogen and oxygen atoms in total. The van der Waals surface area contributed by atoms with Gasteiger partial charge in [0.1, 0.15) is 5.82 Å². The maximum absolute atomic E-state index is 12.9. The van der Waals surface area contributed by atoms with E-state index in [4.69, 9.17) is 0 Å². The largest absolute Gasteiger partial charge is 0.321 e. The molecule has 0 atom stereocenters. The van der Waals surface area contributed by atoms with Crippen molar-refractivity contribution in [3.63, 3.8) is 0 Å². The number of nitrogens with zero attached hydrogens (tertiary/aromatic N) is 1. The Morgan fingerprint density at radius 2 is 1.57 bits per heavy atom. The average Bonchev–Trinajstić information content (AvgIpc) is 2.70. The van der Waals surface area contributed by atoms with E-state index < -0.39 is 5.91 Å². The van der Waals surface area contributed by atoms with Crippen LogP contribution in [0, 0.1) is 5.82 Å². The van der Waals surface area contributed by atoms with E-state index in [-0.39, 0.29) is 17.3 Å². The molecule has 0 spiro atoms. The summed E-state index contributed by atoms with van der Waals surface area (Å²) in [5, 5.41) is 6.60. The highest BCUT2D eigenvalue weighted by Gasteiger charge is 2.13. The minimum Gasteiger partial charge on any atom is -0.321 e. The lowest BCUT2D eigenvalue weighted by atomic mass is 10.1. The molecule has 3 aromatic carbocycles. The van der Waals surface area contributed by atoms with E-state index in [0.29, 0.717) is 16.8 Å². The van der Waals surface area contributed by atoms with Crippen molar-refractivity contribution >= 4 is 39.6 Å². The molecule has 0 heterocycles. The van der Waals surface area contributed by atoms with Crippen LogP contribution in [-0.4, -0.2) is 18.0 Å². The van der Waals surface area contributed by atoms with E-state index in [9.17, 15) is 14.0 Å². The van der Waals surface area contributed by atoms with Crippen molar-refractivity contribution in [2.24, 2.45) is 5.10 Å². The molecule has 3 aromatic rings. The SMILES string of the molecule is O=C(Nc1ccccc1C(=O)N/N=C\c1ccc(F)cc1)c1ccc(Br)cc1. The number of rotatable bonds is 5. The number of halogens is 2. The van der Waals surface area contributed by atoms with Crippen molar-refractivity contribution in [3.05, 3.63) is 99.8 Å². The molecule has 0 aromatic heterocycles. The second-order valence-corrected chi connectivity index (χ2v) is 6.67. The molecule has 3 rings (SSSR count). The van der Waals surface area contributed by atoms with Crippen LogP contribution >= 0.6 is 15.9 Å². The molecule has 0 fully saturated rings. The summed E-state index contributed by atoms with van der Waals surface area (Å²) in [5.41, 5.74) is 4.14. The van der Waals surface area contributed by atoms with Gasteiger partial charge in [-0.2, -0.15) is 5.10 Å². The summed E-state index contributed by atoms with van der Waals surface area (Å²) in [6.45, 7) is 0. The lowest BCUT2D eigenvalue weighted by Crippen LogP contribution is -2.21. The zero-order chi connectivity index (χ0) is 19.9. The van der Waals surface area contributed by atoms with Gasteiger partial charge in [-0.25, -0.2) is 9.82 Å². The van der Waals surface area contributed by atoms with Crippen molar-refractivity contribution in [3.8, 4) is 0 Å². The number of hydrogen-bond acceptors (Lipinski definition) is 3. The molecular weight excluding hydrogens is 425 g/mol. The first-order chi connectivity index (χ1) is 13.5. The fourth-order valence-electron chi connectivity index (χ4n) is 2.36. The maximum atomic E-state index is 12.9. The molecule has 0 saturated heterocycles. The molecule has 0 aliphatic rings. The van der Waals surface area contributed by atoms with E-state index in [1.165, 1.54) is 30.5 Å². The number of hydrazone groups is 1. The summed E-state index contributed by atoms with van der Waals surface area (Å²) >= 11 is 3.32. The van der Waals surface area contributed by atoms with Crippen LogP contribution in [-0.2, 0) is 0 Å². The smallest absolute Gasteiger partial charge is 0.273 e. The normalized spacial score (nSPS) is 10.6. The summed E-state index contributed by atoms with van der Waals surface area (Å²) in [5.74, 6) is -1.16. The summed E-state index contributed by atoms with van der Waals surface area (Å²) < 4.78 is 13.8. The lowest BCUT2D eigenvalue weighted by Gasteiger charge is -2.10. The van der Waals surface area contributed by atoms with Gasteiger partial charge < -0.3 is 5.32 Å². The number of amides is 2. The van der Waals surface area contributed by atoms with Gasteiger partial charge in [0.25, 0.3) is 11.8 Å². The molecule has 28 heavy (non-hydrogen) atoms. The van der Waals surface area contributed by atoms with Crippen LogP contribution in [0.2, 0.25) is 0 Å². The molecule has 2 amide bonds. The highest BCUT2D eigenvalue weighted by atomic mass is 79.9. The number of anilines is 1. The summed E-state index contributed by atoms with van der Waals surface area (Å²) in [7, 11) is 0. The first kappa shape index (κ1) is 19.4. The number of nitrogens with one attached hydrogen (secondary N) is 2. The Morgan fingerprint density at radius 3 is 2.29 bits per heavy atom. The minimum atomic E-state index is -0.481. The van der Waals surface area contributed by atoms with Crippen molar-refractivity contribution in [2.75, 3.05) is 5.32 Å². The lowest BCUT2D eigenvalue weighted by molar-refractivity contribution is 0.0956. The van der Waals surface area contributed by atoms with Gasteiger partial charge in [-0.3, -0.25) is 9.59 Å². The standard InChI is InChI=1S/C21H15BrFN3O2/c22-16-9-7-15(8-10-16)20(27)25-19-4-2-1-3-18(19)21(28)26-24-13-14-5-11-17(23)12-6-14/h1-13H,(H,25,27)(H,26,28)/b24-13-. The van der Waals surface area contributed by atoms with Crippen molar-refractivity contribution < 1.29 is 14.0 Å². The van der Waals surface area contributed by atoms with Crippen LogP contribution in [0.4, 0.5) is 10.1 Å². The summed E-state index contributed by atoms with van der Waals surface area (Å²) in [4.78, 5) is 24.8. The van der Waals surface area contributed by atoms with Gasteiger partial charge in [-0.05, 0) is 54.1 Å². The highest BCUT2D eigenvalue weighted by Crippen LogP contribution is 2.17. The molecule has 7 heteroatoms. The van der Waals surface area contributed by atoms with Gasteiger partial charge in [0, 0.05) is 10.0 Å². The third-order valence-corrected chi connectivity index (χ3v) is 4.30. The van der Waals surface area contributed by atoms with Crippen molar-refractivity contribution in [1.82, 2.24) is 5.43 Å². The van der Waals surface area contributed by atoms with E-state index in [1.54, 1.807) is 48.5 Å². The number of para-hydroxylation sites is 1. The van der Waals surface area contributed by atoms with Gasteiger partial charge >= 0.3 is 0 Å². The fraction of sp³-hybridized carbons (Fsp3) is 0. The Morgan fingerprint density at radius 1 is 0.893 bits per heavy atom. The Hall–Kier alpha value is -3.32. The first-order valence-corrected chi connectivity index (χ1v) is 9.07. The Balaban J connectivity index is 1.70. The predicted octanol–water partition coefficient (Wildman–Crippen LogP) is 4.60. The van der Waals surface area contributed by atoms with Gasteiger partial charge in [0.2, 0.25) is 0 Å². The highest BCUT2D eigenvalue weighted by molar-refractivity contribution is 9.10. The quantitative estimate of drug-likeness (QED) is 0.450. The van der Waals surface area contributed by atoms with E-state index in [1.807, 2.05) is 0 Å². The first-order valence-electron chi connectivity index (χ1n) is 8.28. The fourth-order valence-corrected chi connectivity index (χ4v) is 2.62. The molecule has 0 aliphatic carbocycles. The monoisotopic (exact) mass is 439 g/mol. The van der Waals surface area contributed by atoms with Gasteiger partial charge in [-0.1, -0.05) is 40.2 Å². The summed E-state index contributed by atoms with van der Waals surface area (Å²) in [6.07, 6.45) is 1.40. The third-order valence-electron chi connectivity index (χ3n) is 3.78. The van der Waals surface area contributed by atoms with Crippen LogP contribution in [0.3, 0.4) is 0 Å². The van der Waals surface area contributed by atoms with E-state index in [0.717, 1.165) is 4.47 Å². The molecule has 0 bridgehead atoms. The van der Waals surface area contributed by atoms with Crippen LogP contribution in [0.1, 0.15) is 26.3 Å². The Kier molecular flexibility index (Phi) is 6.29. The molecule has 0 aliphatic heterocycles. The number of hydrogen-bond donors (Lipinski definition) is 2. The zero-order valence-electron chi connectivity index (χ0n) is 14.5. The zero-order valence-corrected chi connectivity index (χ0v) is 16.1. The average molecular weight is 440 g/mol. The van der Waals surface area contributed by atoms with E-state index in [2.05, 4.69) is 31.8 Å². The molecule has 0 saturated carbocycles. The van der Waals surface area contributed by atoms with Crippen LogP contribution in [0.25, 0.3) is 0 Å². The molecule has 0 unspecified atom stereocenters. The van der Waals surface area contributed by atoms with Crippen LogP contribution in [0.15, 0.2) is 82.4 Å². The second-order valence-electron chi connectivity index (χ2n) is 5.76.